The van der Waals surface area contributed by atoms with E-state index in [4.69, 9.17) is 42.6 Å². The average Bonchev–Trinajstić information content (AvgIpc) is 2.95. The number of hydrogen-bond donors (Lipinski definition) is 1. The summed E-state index contributed by atoms with van der Waals surface area (Å²) in [6.07, 6.45) is -7.72. The molecule has 3 saturated heterocycles. The SMILES string of the molecule is CC(=O)NC1[C@H](OCc2ccccc2)OC2COC(C)(C)O[C@H]2[C@@H]1O[C@@H]1OC(COC(C)=O)[C@H](OC(C)=O)[C@H](C)C1OC(C)=O. The monoisotopic (exact) mass is 637 g/mol. The van der Waals surface area contributed by atoms with Crippen LogP contribution >= 0.6 is 0 Å². The van der Waals surface area contributed by atoms with Crippen LogP contribution in [0.2, 0.25) is 0 Å². The first-order valence-corrected chi connectivity index (χ1v) is 14.9. The number of amides is 1. The summed E-state index contributed by atoms with van der Waals surface area (Å²) in [5.41, 5.74) is 0.878. The van der Waals surface area contributed by atoms with Crippen molar-refractivity contribution in [2.24, 2.45) is 5.92 Å². The molecule has 0 bridgehead atoms. The van der Waals surface area contributed by atoms with E-state index in [2.05, 4.69) is 5.32 Å². The van der Waals surface area contributed by atoms with Crippen LogP contribution < -0.4 is 5.32 Å². The first-order chi connectivity index (χ1) is 21.2. The predicted octanol–water partition coefficient (Wildman–Crippen LogP) is 1.76. The maximum Gasteiger partial charge on any atom is 0.303 e. The second-order valence-electron chi connectivity index (χ2n) is 11.8. The molecule has 14 nitrogen and oxygen atoms in total. The van der Waals surface area contributed by atoms with Crippen molar-refractivity contribution in [2.45, 2.75) is 116 Å². The summed E-state index contributed by atoms with van der Waals surface area (Å²) < 4.78 is 53.9. The Morgan fingerprint density at radius 2 is 1.56 bits per heavy atom. The summed E-state index contributed by atoms with van der Waals surface area (Å²) in [4.78, 5) is 48.5. The Balaban J connectivity index is 1.69. The van der Waals surface area contributed by atoms with E-state index in [9.17, 15) is 19.2 Å². The van der Waals surface area contributed by atoms with Gasteiger partial charge in [-0.1, -0.05) is 37.3 Å². The Hall–Kier alpha value is -3.14. The highest BCUT2D eigenvalue weighted by Crippen LogP contribution is 2.38. The Morgan fingerprint density at radius 1 is 0.889 bits per heavy atom. The molecule has 0 saturated carbocycles. The highest BCUT2D eigenvalue weighted by atomic mass is 16.8. The topological polar surface area (TPSA) is 163 Å². The average molecular weight is 638 g/mol. The molecular weight excluding hydrogens is 594 g/mol. The summed E-state index contributed by atoms with van der Waals surface area (Å²) in [5, 5.41) is 2.88. The fourth-order valence-corrected chi connectivity index (χ4v) is 5.70. The van der Waals surface area contributed by atoms with Crippen LogP contribution in [0.15, 0.2) is 30.3 Å². The largest absolute Gasteiger partial charge is 0.463 e. The van der Waals surface area contributed by atoms with E-state index in [1.54, 1.807) is 20.8 Å². The molecule has 0 spiro atoms. The second-order valence-corrected chi connectivity index (χ2v) is 11.8. The van der Waals surface area contributed by atoms with Gasteiger partial charge in [-0.25, -0.2) is 0 Å². The number of carbonyl (C=O) groups is 4. The Morgan fingerprint density at radius 3 is 2.18 bits per heavy atom. The minimum atomic E-state index is -1.28. The number of ether oxygens (including phenoxy) is 9. The lowest BCUT2D eigenvalue weighted by Crippen LogP contribution is -2.70. The fraction of sp³-hybridized carbons (Fsp3) is 0.677. The zero-order chi connectivity index (χ0) is 32.9. The zero-order valence-electron chi connectivity index (χ0n) is 26.6. The Kier molecular flexibility index (Phi) is 11.6. The standard InChI is InChI=1S/C31H43NO13/c1-16-25(40-19(4)35)22(14-37-18(3)34)43-30(26(16)41-20(5)36)44-28-24(32-17(2)33)29(38-13-21-11-9-8-10-12-21)42-23-15-39-31(6,7)45-27(23)28/h8-12,16,22-30H,13-15H2,1-7H3,(H,32,33)/t16-,22?,23?,24?,25+,26?,27+,28+,29+,30-/m0/s1. The van der Waals surface area contributed by atoms with Crippen molar-refractivity contribution in [1.29, 1.82) is 0 Å². The van der Waals surface area contributed by atoms with Gasteiger partial charge in [-0.2, -0.15) is 0 Å². The van der Waals surface area contributed by atoms with Crippen molar-refractivity contribution in [3.05, 3.63) is 35.9 Å². The van der Waals surface area contributed by atoms with Gasteiger partial charge >= 0.3 is 17.9 Å². The minimum Gasteiger partial charge on any atom is -0.463 e. The van der Waals surface area contributed by atoms with Gasteiger partial charge in [0.2, 0.25) is 5.91 Å². The number of hydrogen-bond acceptors (Lipinski definition) is 13. The zero-order valence-corrected chi connectivity index (χ0v) is 26.6. The van der Waals surface area contributed by atoms with Gasteiger partial charge in [0, 0.05) is 33.6 Å². The third-order valence-electron chi connectivity index (χ3n) is 7.61. The molecule has 3 heterocycles. The summed E-state index contributed by atoms with van der Waals surface area (Å²) in [5.74, 6) is -3.87. The van der Waals surface area contributed by atoms with Crippen molar-refractivity contribution in [1.82, 2.24) is 5.32 Å². The number of nitrogens with one attached hydrogen (secondary N) is 1. The van der Waals surface area contributed by atoms with E-state index >= 15 is 0 Å². The van der Waals surface area contributed by atoms with Crippen LogP contribution in [0.4, 0.5) is 0 Å². The predicted molar refractivity (Wildman–Crippen MR) is 153 cm³/mol. The number of esters is 3. The maximum atomic E-state index is 12.5. The summed E-state index contributed by atoms with van der Waals surface area (Å²) in [7, 11) is 0. The first kappa shape index (κ1) is 34.7. The molecule has 0 radical (unpaired) electrons. The Bertz CT molecular complexity index is 1190. The van der Waals surface area contributed by atoms with Gasteiger partial charge in [0.25, 0.3) is 0 Å². The van der Waals surface area contributed by atoms with Crippen molar-refractivity contribution in [3.8, 4) is 0 Å². The third kappa shape index (κ3) is 9.21. The van der Waals surface area contributed by atoms with Crippen molar-refractivity contribution in [3.63, 3.8) is 0 Å². The van der Waals surface area contributed by atoms with Crippen LogP contribution in [-0.2, 0) is 68.4 Å². The van der Waals surface area contributed by atoms with E-state index in [-0.39, 0.29) is 25.7 Å². The van der Waals surface area contributed by atoms with Crippen LogP contribution in [0.1, 0.15) is 54.0 Å². The highest BCUT2D eigenvalue weighted by Gasteiger charge is 2.56. The first-order valence-electron chi connectivity index (χ1n) is 14.9. The molecule has 14 heteroatoms. The smallest absolute Gasteiger partial charge is 0.303 e. The fourth-order valence-electron chi connectivity index (χ4n) is 5.70. The van der Waals surface area contributed by atoms with Crippen LogP contribution in [0.5, 0.6) is 0 Å². The van der Waals surface area contributed by atoms with Crippen LogP contribution in [0.25, 0.3) is 0 Å². The molecule has 3 fully saturated rings. The molecule has 45 heavy (non-hydrogen) atoms. The molecule has 4 rings (SSSR count). The van der Waals surface area contributed by atoms with Crippen molar-refractivity contribution < 1.29 is 61.8 Å². The number of rotatable bonds is 10. The van der Waals surface area contributed by atoms with Gasteiger partial charge in [-0.15, -0.1) is 0 Å². The molecule has 10 atom stereocenters. The molecule has 1 N–H and O–H groups in total. The van der Waals surface area contributed by atoms with Gasteiger partial charge in [0.1, 0.15) is 43.2 Å². The number of fused-ring (bicyclic) bond motifs is 1. The molecule has 3 aliphatic rings. The van der Waals surface area contributed by atoms with E-state index in [1.165, 1.54) is 27.7 Å². The van der Waals surface area contributed by atoms with Crippen molar-refractivity contribution in [2.75, 3.05) is 13.2 Å². The lowest BCUT2D eigenvalue weighted by Gasteiger charge is -2.52. The summed E-state index contributed by atoms with van der Waals surface area (Å²) in [6.45, 7) is 10.3. The molecule has 0 aromatic heterocycles. The van der Waals surface area contributed by atoms with Crippen LogP contribution in [-0.4, -0.2) is 98.1 Å². The lowest BCUT2D eigenvalue weighted by molar-refractivity contribution is -0.392. The quantitative estimate of drug-likeness (QED) is 0.292. The van der Waals surface area contributed by atoms with E-state index in [0.29, 0.717) is 0 Å². The molecule has 3 aliphatic heterocycles. The molecular formula is C31H43NO13. The molecule has 1 amide bonds. The second kappa shape index (κ2) is 15.0. The number of benzene rings is 1. The normalized spacial score (nSPS) is 34.1. The summed E-state index contributed by atoms with van der Waals surface area (Å²) >= 11 is 0. The molecule has 0 aliphatic carbocycles. The molecule has 1 aromatic rings. The van der Waals surface area contributed by atoms with Gasteiger partial charge in [-0.3, -0.25) is 19.2 Å². The molecule has 1 aromatic carbocycles. The third-order valence-corrected chi connectivity index (χ3v) is 7.61. The van der Waals surface area contributed by atoms with Gasteiger partial charge in [0.15, 0.2) is 24.5 Å². The molecule has 250 valence electrons. The van der Waals surface area contributed by atoms with E-state index in [0.717, 1.165) is 5.56 Å². The van der Waals surface area contributed by atoms with Crippen LogP contribution in [0, 0.1) is 5.92 Å². The lowest BCUT2D eigenvalue weighted by atomic mass is 9.89. The van der Waals surface area contributed by atoms with Crippen LogP contribution in [0.3, 0.4) is 0 Å². The van der Waals surface area contributed by atoms with Gasteiger partial charge in [-0.05, 0) is 19.4 Å². The minimum absolute atomic E-state index is 0.133. The highest BCUT2D eigenvalue weighted by molar-refractivity contribution is 5.73. The summed E-state index contributed by atoms with van der Waals surface area (Å²) in [6, 6.07) is 8.52. The van der Waals surface area contributed by atoms with E-state index < -0.39 is 84.9 Å². The maximum absolute atomic E-state index is 12.5. The molecule has 4 unspecified atom stereocenters. The van der Waals surface area contributed by atoms with Gasteiger partial charge in [0.05, 0.1) is 13.2 Å². The Labute approximate surface area is 262 Å². The van der Waals surface area contributed by atoms with Gasteiger partial charge < -0.3 is 47.9 Å². The van der Waals surface area contributed by atoms with E-state index in [1.807, 2.05) is 30.3 Å². The number of carbonyl (C=O) groups excluding carboxylic acids is 4. The van der Waals surface area contributed by atoms with Crippen molar-refractivity contribution >= 4 is 23.8 Å².